The molecule has 1 saturated heterocycles. The van der Waals surface area contributed by atoms with E-state index in [0.717, 1.165) is 62.7 Å². The molecule has 0 aromatic heterocycles. The van der Waals surface area contributed by atoms with Gasteiger partial charge in [-0.15, -0.1) is 0 Å². The third-order valence-corrected chi connectivity index (χ3v) is 5.87. The van der Waals surface area contributed by atoms with E-state index in [1.165, 1.54) is 18.4 Å². The van der Waals surface area contributed by atoms with Crippen LogP contribution in [0, 0.1) is 5.92 Å². The number of amides is 1. The van der Waals surface area contributed by atoms with Gasteiger partial charge in [0.2, 0.25) is 5.91 Å². The zero-order chi connectivity index (χ0) is 19.1. The molecule has 148 valence electrons. The summed E-state index contributed by atoms with van der Waals surface area (Å²) in [6, 6.07) is 8.30. The maximum atomic E-state index is 12.6. The lowest BCUT2D eigenvalue weighted by atomic mass is 10.1. The summed E-state index contributed by atoms with van der Waals surface area (Å²) < 4.78 is 0. The van der Waals surface area contributed by atoms with E-state index in [0.29, 0.717) is 5.91 Å². The summed E-state index contributed by atoms with van der Waals surface area (Å²) in [5, 5.41) is 7.64. The van der Waals surface area contributed by atoms with Gasteiger partial charge in [-0.05, 0) is 49.8 Å². The largest absolute Gasteiger partial charge is 0.356 e. The van der Waals surface area contributed by atoms with Crippen LogP contribution in [0.2, 0.25) is 5.02 Å². The van der Waals surface area contributed by atoms with Gasteiger partial charge in [-0.25, -0.2) is 0 Å². The average molecular weight is 391 g/mol. The van der Waals surface area contributed by atoms with E-state index in [9.17, 15) is 4.79 Å². The predicted molar refractivity (Wildman–Crippen MR) is 111 cm³/mol. The van der Waals surface area contributed by atoms with Gasteiger partial charge in [-0.1, -0.05) is 36.6 Å². The Balaban J connectivity index is 1.36. The zero-order valence-electron chi connectivity index (χ0n) is 16.2. The minimum absolute atomic E-state index is 0.272. The Morgan fingerprint density at radius 1 is 1.22 bits per heavy atom. The van der Waals surface area contributed by atoms with Gasteiger partial charge < -0.3 is 15.5 Å². The van der Waals surface area contributed by atoms with E-state index in [1.54, 1.807) is 7.05 Å². The van der Waals surface area contributed by atoms with E-state index < -0.39 is 0 Å². The van der Waals surface area contributed by atoms with Crippen molar-refractivity contribution >= 4 is 23.5 Å². The number of rotatable bonds is 6. The lowest BCUT2D eigenvalue weighted by Crippen LogP contribution is -2.45. The zero-order valence-corrected chi connectivity index (χ0v) is 17.0. The summed E-state index contributed by atoms with van der Waals surface area (Å²) in [5.74, 6) is 1.46. The molecule has 1 aliphatic carbocycles. The van der Waals surface area contributed by atoms with E-state index >= 15 is 0 Å². The van der Waals surface area contributed by atoms with Crippen molar-refractivity contribution in [2.24, 2.45) is 10.9 Å². The maximum Gasteiger partial charge on any atom is 0.225 e. The van der Waals surface area contributed by atoms with Crippen molar-refractivity contribution in [3.8, 4) is 0 Å². The standard InChI is InChI=1S/C21H31ClN4O/c1-23-21(24-13-4-5-16-8-10-18(22)11-9-16)25-19-12-14-26(15-19)20(27)17-6-2-3-7-17/h8-11,17,19H,2-7,12-15H2,1H3,(H2,23,24,25). The van der Waals surface area contributed by atoms with E-state index in [2.05, 4.69) is 27.8 Å². The van der Waals surface area contributed by atoms with Crippen LogP contribution in [0.15, 0.2) is 29.3 Å². The number of carbonyl (C=O) groups excluding carboxylic acids is 1. The van der Waals surface area contributed by atoms with Crippen LogP contribution >= 0.6 is 11.6 Å². The monoisotopic (exact) mass is 390 g/mol. The van der Waals surface area contributed by atoms with Crippen LogP contribution in [-0.2, 0) is 11.2 Å². The van der Waals surface area contributed by atoms with Gasteiger partial charge in [0.1, 0.15) is 0 Å². The van der Waals surface area contributed by atoms with Crippen molar-refractivity contribution in [2.75, 3.05) is 26.7 Å². The Labute approximate surface area is 167 Å². The lowest BCUT2D eigenvalue weighted by Gasteiger charge is -2.21. The number of nitrogens with zero attached hydrogens (tertiary/aromatic N) is 2. The molecule has 2 N–H and O–H groups in total. The third kappa shape index (κ3) is 5.86. The number of hydrogen-bond donors (Lipinski definition) is 2. The van der Waals surface area contributed by atoms with Crippen LogP contribution in [0.5, 0.6) is 0 Å². The summed E-state index contributed by atoms with van der Waals surface area (Å²) in [7, 11) is 1.80. The Hall–Kier alpha value is -1.75. The summed E-state index contributed by atoms with van der Waals surface area (Å²) in [6.07, 6.45) is 7.59. The number of aliphatic imine (C=N–C) groups is 1. The first-order valence-electron chi connectivity index (χ1n) is 10.2. The molecule has 27 heavy (non-hydrogen) atoms. The highest BCUT2D eigenvalue weighted by Gasteiger charge is 2.32. The lowest BCUT2D eigenvalue weighted by molar-refractivity contribution is -0.134. The van der Waals surface area contributed by atoms with Crippen LogP contribution in [0.1, 0.15) is 44.1 Å². The fourth-order valence-corrected chi connectivity index (χ4v) is 4.17. The molecule has 1 heterocycles. The molecule has 1 unspecified atom stereocenters. The molecule has 1 aromatic carbocycles. The number of benzene rings is 1. The minimum Gasteiger partial charge on any atom is -0.356 e. The van der Waals surface area contributed by atoms with Gasteiger partial charge >= 0.3 is 0 Å². The number of halogens is 1. The highest BCUT2D eigenvalue weighted by molar-refractivity contribution is 6.30. The second-order valence-corrected chi connectivity index (χ2v) is 8.06. The molecule has 1 amide bonds. The Kier molecular flexibility index (Phi) is 7.39. The Morgan fingerprint density at radius 3 is 2.67 bits per heavy atom. The molecule has 1 aromatic rings. The Bertz CT molecular complexity index is 640. The van der Waals surface area contributed by atoms with Crippen molar-refractivity contribution in [1.29, 1.82) is 0 Å². The second kappa shape index (κ2) is 9.98. The number of likely N-dealkylation sites (tertiary alicyclic amines) is 1. The highest BCUT2D eigenvalue weighted by atomic mass is 35.5. The molecule has 2 fully saturated rings. The van der Waals surface area contributed by atoms with Gasteiger partial charge in [-0.3, -0.25) is 9.79 Å². The molecule has 1 saturated carbocycles. The minimum atomic E-state index is 0.272. The van der Waals surface area contributed by atoms with E-state index in [4.69, 9.17) is 11.6 Å². The van der Waals surface area contributed by atoms with Gasteiger partial charge in [0.05, 0.1) is 0 Å². The van der Waals surface area contributed by atoms with Crippen LogP contribution in [0.4, 0.5) is 0 Å². The smallest absolute Gasteiger partial charge is 0.225 e. The second-order valence-electron chi connectivity index (χ2n) is 7.62. The highest BCUT2D eigenvalue weighted by Crippen LogP contribution is 2.27. The van der Waals surface area contributed by atoms with Gasteiger partial charge in [0.15, 0.2) is 5.96 Å². The maximum absolute atomic E-state index is 12.6. The first-order valence-corrected chi connectivity index (χ1v) is 10.5. The first-order chi connectivity index (χ1) is 13.2. The van der Waals surface area contributed by atoms with E-state index in [1.807, 2.05) is 17.0 Å². The normalized spacial score (nSPS) is 20.9. The van der Waals surface area contributed by atoms with Gasteiger partial charge in [0, 0.05) is 43.7 Å². The molecule has 5 nitrogen and oxygen atoms in total. The van der Waals surface area contributed by atoms with Crippen LogP contribution in [0.25, 0.3) is 0 Å². The van der Waals surface area contributed by atoms with E-state index in [-0.39, 0.29) is 12.0 Å². The van der Waals surface area contributed by atoms with Crippen LogP contribution in [-0.4, -0.2) is 49.5 Å². The molecule has 2 aliphatic rings. The third-order valence-electron chi connectivity index (χ3n) is 5.62. The van der Waals surface area contributed by atoms with Crippen LogP contribution in [0.3, 0.4) is 0 Å². The number of hydrogen-bond acceptors (Lipinski definition) is 2. The van der Waals surface area contributed by atoms with Crippen LogP contribution < -0.4 is 10.6 Å². The summed E-state index contributed by atoms with van der Waals surface area (Å²) >= 11 is 5.92. The predicted octanol–water partition coefficient (Wildman–Crippen LogP) is 3.23. The topological polar surface area (TPSA) is 56.7 Å². The molecule has 0 radical (unpaired) electrons. The summed E-state index contributed by atoms with van der Waals surface area (Å²) in [5.41, 5.74) is 1.29. The number of aryl methyl sites for hydroxylation is 1. The molecule has 0 bridgehead atoms. The number of guanidine groups is 1. The fourth-order valence-electron chi connectivity index (χ4n) is 4.05. The molecule has 1 aliphatic heterocycles. The molecule has 6 heteroatoms. The van der Waals surface area contributed by atoms with Crippen molar-refractivity contribution in [1.82, 2.24) is 15.5 Å². The molecular weight excluding hydrogens is 360 g/mol. The molecule has 0 spiro atoms. The Morgan fingerprint density at radius 2 is 1.96 bits per heavy atom. The van der Waals surface area contributed by atoms with Gasteiger partial charge in [-0.2, -0.15) is 0 Å². The first kappa shape index (κ1) is 20.0. The summed E-state index contributed by atoms with van der Waals surface area (Å²) in [6.45, 7) is 2.51. The van der Waals surface area contributed by atoms with Gasteiger partial charge in [0.25, 0.3) is 0 Å². The van der Waals surface area contributed by atoms with Crippen molar-refractivity contribution in [3.05, 3.63) is 34.9 Å². The number of carbonyl (C=O) groups is 1. The molecule has 3 rings (SSSR count). The quantitative estimate of drug-likeness (QED) is 0.445. The SMILES string of the molecule is CN=C(NCCCc1ccc(Cl)cc1)NC1CCN(C(=O)C2CCCC2)C1. The summed E-state index contributed by atoms with van der Waals surface area (Å²) in [4.78, 5) is 18.9. The average Bonchev–Trinajstić information content (AvgIpc) is 3.37. The molecular formula is C21H31ClN4O. The number of nitrogens with one attached hydrogen (secondary N) is 2. The molecule has 1 atom stereocenters. The fraction of sp³-hybridized carbons (Fsp3) is 0.619. The van der Waals surface area contributed by atoms with Crippen molar-refractivity contribution in [3.63, 3.8) is 0 Å². The van der Waals surface area contributed by atoms with Crippen molar-refractivity contribution < 1.29 is 4.79 Å². The van der Waals surface area contributed by atoms with Crippen molar-refractivity contribution in [2.45, 2.75) is 51.0 Å².